The SMILES string of the molecule is Cc1ccc(NC(=S)Nc2ccc(S(=O)(=O)N3CCCCC3)cc2)c(C)c1. The number of piperidine rings is 1. The summed E-state index contributed by atoms with van der Waals surface area (Å²) in [4.78, 5) is 0.322. The van der Waals surface area contributed by atoms with Crippen molar-refractivity contribution in [1.29, 1.82) is 0 Å². The summed E-state index contributed by atoms with van der Waals surface area (Å²) in [7, 11) is -3.41. The maximum atomic E-state index is 12.7. The fraction of sp³-hybridized carbons (Fsp3) is 0.350. The van der Waals surface area contributed by atoms with Gasteiger partial charge in [-0.2, -0.15) is 4.31 Å². The number of hydrogen-bond acceptors (Lipinski definition) is 3. The molecule has 1 aliphatic heterocycles. The first-order chi connectivity index (χ1) is 12.9. The molecule has 0 aliphatic carbocycles. The monoisotopic (exact) mass is 403 g/mol. The lowest BCUT2D eigenvalue weighted by atomic mass is 10.1. The molecule has 0 amide bonds. The second kappa shape index (κ2) is 8.37. The third-order valence-electron chi connectivity index (χ3n) is 4.70. The van der Waals surface area contributed by atoms with Gasteiger partial charge in [-0.3, -0.25) is 0 Å². The van der Waals surface area contributed by atoms with Crippen molar-refractivity contribution in [3.8, 4) is 0 Å². The van der Waals surface area contributed by atoms with Crippen LogP contribution in [0.3, 0.4) is 0 Å². The molecule has 1 fully saturated rings. The molecule has 0 saturated carbocycles. The van der Waals surface area contributed by atoms with Crippen LogP contribution in [0.15, 0.2) is 47.4 Å². The van der Waals surface area contributed by atoms with E-state index in [2.05, 4.69) is 16.7 Å². The van der Waals surface area contributed by atoms with Gasteiger partial charge in [-0.1, -0.05) is 24.1 Å². The summed E-state index contributed by atoms with van der Waals surface area (Å²) in [5.41, 5.74) is 4.00. The number of sulfonamides is 1. The predicted octanol–water partition coefficient (Wildman–Crippen LogP) is 4.29. The molecule has 5 nitrogen and oxygen atoms in total. The normalized spacial score (nSPS) is 15.3. The number of hydrogen-bond donors (Lipinski definition) is 2. The van der Waals surface area contributed by atoms with E-state index in [4.69, 9.17) is 12.2 Å². The van der Waals surface area contributed by atoms with Crippen LogP contribution in [0.25, 0.3) is 0 Å². The van der Waals surface area contributed by atoms with Gasteiger partial charge in [-0.25, -0.2) is 8.42 Å². The molecule has 27 heavy (non-hydrogen) atoms. The molecule has 1 aliphatic rings. The molecule has 2 aromatic carbocycles. The van der Waals surface area contributed by atoms with Gasteiger partial charge in [0.1, 0.15) is 0 Å². The van der Waals surface area contributed by atoms with Gasteiger partial charge >= 0.3 is 0 Å². The summed E-state index contributed by atoms with van der Waals surface area (Å²) in [5.74, 6) is 0. The summed E-state index contributed by atoms with van der Waals surface area (Å²) >= 11 is 5.37. The molecule has 144 valence electrons. The van der Waals surface area contributed by atoms with Crippen LogP contribution < -0.4 is 10.6 Å². The van der Waals surface area contributed by atoms with Gasteiger partial charge in [0, 0.05) is 24.5 Å². The van der Waals surface area contributed by atoms with Crippen LogP contribution in [0.4, 0.5) is 11.4 Å². The molecule has 2 N–H and O–H groups in total. The van der Waals surface area contributed by atoms with E-state index < -0.39 is 10.0 Å². The second-order valence-electron chi connectivity index (χ2n) is 6.89. The molecular weight excluding hydrogens is 378 g/mol. The van der Waals surface area contributed by atoms with Crippen LogP contribution >= 0.6 is 12.2 Å². The number of rotatable bonds is 4. The number of anilines is 2. The van der Waals surface area contributed by atoms with Crippen LogP contribution in [0.2, 0.25) is 0 Å². The third-order valence-corrected chi connectivity index (χ3v) is 6.81. The Kier molecular flexibility index (Phi) is 6.14. The second-order valence-corrected chi connectivity index (χ2v) is 9.23. The van der Waals surface area contributed by atoms with Crippen LogP contribution in [0, 0.1) is 13.8 Å². The Morgan fingerprint density at radius 3 is 2.26 bits per heavy atom. The van der Waals surface area contributed by atoms with Gasteiger partial charge in [0.05, 0.1) is 4.90 Å². The standard InChI is InChI=1S/C20H25N3O2S2/c1-15-6-11-19(16(2)14-15)22-20(26)21-17-7-9-18(10-8-17)27(24,25)23-12-4-3-5-13-23/h6-11,14H,3-5,12-13H2,1-2H3,(H2,21,22,26). The molecule has 7 heteroatoms. The first-order valence-electron chi connectivity index (χ1n) is 9.12. The highest BCUT2D eigenvalue weighted by molar-refractivity contribution is 7.89. The van der Waals surface area contributed by atoms with E-state index in [1.54, 1.807) is 28.6 Å². The van der Waals surface area contributed by atoms with E-state index in [-0.39, 0.29) is 0 Å². The van der Waals surface area contributed by atoms with Gasteiger partial charge in [0.25, 0.3) is 0 Å². The number of thiocarbonyl (C=S) groups is 1. The van der Waals surface area contributed by atoms with E-state index in [1.807, 2.05) is 26.0 Å². The molecule has 1 heterocycles. The van der Waals surface area contributed by atoms with Crippen molar-refractivity contribution < 1.29 is 8.42 Å². The summed E-state index contributed by atoms with van der Waals surface area (Å²) in [6, 6.07) is 12.9. The molecule has 0 bridgehead atoms. The molecule has 3 rings (SSSR count). The average molecular weight is 404 g/mol. The predicted molar refractivity (Wildman–Crippen MR) is 115 cm³/mol. The van der Waals surface area contributed by atoms with Crippen LogP contribution in [-0.4, -0.2) is 30.9 Å². The Morgan fingerprint density at radius 1 is 0.963 bits per heavy atom. The summed E-state index contributed by atoms with van der Waals surface area (Å²) < 4.78 is 27.0. The van der Waals surface area contributed by atoms with Gasteiger partial charge < -0.3 is 10.6 Å². The van der Waals surface area contributed by atoms with Gasteiger partial charge in [-0.15, -0.1) is 0 Å². The van der Waals surface area contributed by atoms with E-state index in [1.165, 1.54) is 5.56 Å². The fourth-order valence-electron chi connectivity index (χ4n) is 3.20. The topological polar surface area (TPSA) is 61.4 Å². The smallest absolute Gasteiger partial charge is 0.243 e. The average Bonchev–Trinajstić information content (AvgIpc) is 2.65. The Morgan fingerprint density at radius 2 is 1.63 bits per heavy atom. The highest BCUT2D eigenvalue weighted by Gasteiger charge is 2.25. The lowest BCUT2D eigenvalue weighted by molar-refractivity contribution is 0.346. The van der Waals surface area contributed by atoms with E-state index in [0.717, 1.165) is 36.2 Å². The van der Waals surface area contributed by atoms with Crippen molar-refractivity contribution in [2.45, 2.75) is 38.0 Å². The fourth-order valence-corrected chi connectivity index (χ4v) is 4.95. The van der Waals surface area contributed by atoms with Crippen molar-refractivity contribution in [1.82, 2.24) is 4.31 Å². The van der Waals surface area contributed by atoms with Crippen molar-refractivity contribution in [2.75, 3.05) is 23.7 Å². The Balaban J connectivity index is 1.65. The molecule has 0 radical (unpaired) electrons. The number of benzene rings is 2. The lowest BCUT2D eigenvalue weighted by Gasteiger charge is -2.25. The number of aryl methyl sites for hydroxylation is 2. The minimum absolute atomic E-state index is 0.322. The van der Waals surface area contributed by atoms with E-state index in [0.29, 0.717) is 23.1 Å². The summed E-state index contributed by atoms with van der Waals surface area (Å²) in [5, 5.41) is 6.74. The van der Waals surface area contributed by atoms with Crippen molar-refractivity contribution >= 4 is 38.7 Å². The van der Waals surface area contributed by atoms with E-state index >= 15 is 0 Å². The van der Waals surface area contributed by atoms with Gasteiger partial charge in [-0.05, 0) is 74.8 Å². The zero-order valence-electron chi connectivity index (χ0n) is 15.7. The lowest BCUT2D eigenvalue weighted by Crippen LogP contribution is -2.35. The molecular formula is C20H25N3O2S2. The summed E-state index contributed by atoms with van der Waals surface area (Å²) in [6.07, 6.45) is 2.95. The minimum Gasteiger partial charge on any atom is -0.332 e. The highest BCUT2D eigenvalue weighted by atomic mass is 32.2. The van der Waals surface area contributed by atoms with Crippen LogP contribution in [0.5, 0.6) is 0 Å². The molecule has 1 saturated heterocycles. The third kappa shape index (κ3) is 4.86. The first-order valence-corrected chi connectivity index (χ1v) is 11.0. The van der Waals surface area contributed by atoms with Gasteiger partial charge in [0.15, 0.2) is 5.11 Å². The van der Waals surface area contributed by atoms with Gasteiger partial charge in [0.2, 0.25) is 10.0 Å². The quantitative estimate of drug-likeness (QED) is 0.746. The molecule has 0 atom stereocenters. The molecule has 0 spiro atoms. The Labute approximate surface area is 166 Å². The minimum atomic E-state index is -3.41. The van der Waals surface area contributed by atoms with E-state index in [9.17, 15) is 8.42 Å². The molecule has 0 unspecified atom stereocenters. The molecule has 0 aromatic heterocycles. The zero-order valence-corrected chi connectivity index (χ0v) is 17.3. The first kappa shape index (κ1) is 19.8. The van der Waals surface area contributed by atoms with Crippen molar-refractivity contribution in [3.63, 3.8) is 0 Å². The zero-order chi connectivity index (χ0) is 19.4. The highest BCUT2D eigenvalue weighted by Crippen LogP contribution is 2.22. The Hall–Kier alpha value is -1.96. The van der Waals surface area contributed by atoms with Crippen LogP contribution in [-0.2, 0) is 10.0 Å². The number of nitrogens with one attached hydrogen (secondary N) is 2. The summed E-state index contributed by atoms with van der Waals surface area (Å²) in [6.45, 7) is 5.28. The number of nitrogens with zero attached hydrogens (tertiary/aromatic N) is 1. The maximum absolute atomic E-state index is 12.7. The Bertz CT molecular complexity index is 919. The largest absolute Gasteiger partial charge is 0.332 e. The maximum Gasteiger partial charge on any atom is 0.243 e. The van der Waals surface area contributed by atoms with Crippen molar-refractivity contribution in [2.24, 2.45) is 0 Å². The van der Waals surface area contributed by atoms with Crippen molar-refractivity contribution in [3.05, 3.63) is 53.6 Å². The molecule has 2 aromatic rings. The van der Waals surface area contributed by atoms with Crippen LogP contribution in [0.1, 0.15) is 30.4 Å².